The number of thiol groups is 1. The fourth-order valence-electron chi connectivity index (χ4n) is 2.75. The highest BCUT2D eigenvalue weighted by molar-refractivity contribution is 7.84. The van der Waals surface area contributed by atoms with E-state index >= 15 is 0 Å². The van der Waals surface area contributed by atoms with Crippen LogP contribution >= 0.6 is 12.6 Å². The number of rotatable bonds is 9. The van der Waals surface area contributed by atoms with E-state index in [9.17, 15) is 14.4 Å². The molecule has 1 atom stereocenters. The molecular formula is C29H45N3O6S. The minimum Gasteiger partial charge on any atom is -0.467 e. The summed E-state index contributed by atoms with van der Waals surface area (Å²) < 4.78 is 15.3. The number of amides is 2. The Morgan fingerprint density at radius 2 is 1.64 bits per heavy atom. The van der Waals surface area contributed by atoms with Gasteiger partial charge in [0, 0.05) is 25.6 Å². The summed E-state index contributed by atoms with van der Waals surface area (Å²) in [5.41, 5.74) is -0.490. The monoisotopic (exact) mass is 563 g/mol. The molecule has 0 aliphatic rings. The molecule has 10 heteroatoms. The first kappa shape index (κ1) is 35.7. The number of esters is 1. The van der Waals surface area contributed by atoms with Crippen LogP contribution in [-0.2, 0) is 25.4 Å². The van der Waals surface area contributed by atoms with Gasteiger partial charge in [-0.05, 0) is 58.6 Å². The molecule has 1 aromatic heterocycles. The first-order valence-corrected chi connectivity index (χ1v) is 13.3. The molecule has 1 rings (SSSR count). The molecule has 1 aromatic rings. The Morgan fingerprint density at radius 3 is 2.21 bits per heavy atom. The number of anilines is 1. The number of nitrogens with zero attached hydrogens (tertiary/aromatic N) is 2. The van der Waals surface area contributed by atoms with Crippen molar-refractivity contribution in [2.45, 2.75) is 85.5 Å². The summed E-state index contributed by atoms with van der Waals surface area (Å²) in [6.45, 7) is 14.6. The number of carbonyl (C=O) groups is 3. The SMILES string of the molecule is CC.COC(=O)C(C/C(S)=C/C=C/C=C/Cc1cccc(N(C)C(=O)OC(C)(C)C)n1)NC(=O)OC(C)(C)C. The van der Waals surface area contributed by atoms with Crippen molar-refractivity contribution < 1.29 is 28.6 Å². The molecule has 1 heterocycles. The largest absolute Gasteiger partial charge is 0.467 e. The number of aromatic nitrogens is 1. The zero-order valence-electron chi connectivity index (χ0n) is 24.9. The molecule has 1 N–H and O–H groups in total. The average molecular weight is 564 g/mol. The number of carbonyl (C=O) groups excluding carboxylic acids is 3. The van der Waals surface area contributed by atoms with Crippen molar-refractivity contribution in [3.63, 3.8) is 0 Å². The van der Waals surface area contributed by atoms with Gasteiger partial charge in [0.1, 0.15) is 23.1 Å². The van der Waals surface area contributed by atoms with E-state index in [2.05, 4.69) is 22.9 Å². The van der Waals surface area contributed by atoms with Gasteiger partial charge in [-0.25, -0.2) is 19.4 Å². The van der Waals surface area contributed by atoms with Crippen LogP contribution in [0.3, 0.4) is 0 Å². The molecule has 39 heavy (non-hydrogen) atoms. The standard InChI is InChI=1S/C27H39N3O6S.C2H6/c1-26(2,3)35-24(32)29-21(23(31)34-8)18-20(37)16-12-10-9-11-14-19-15-13-17-22(28-19)30(7)25(33)36-27(4,5)6;1-2/h9-13,15-17,21,37H,14,18H2,1-8H3,(H,29,32);1-2H3/b11-9+,12-10+,20-16-;. The normalized spacial score (nSPS) is 12.8. The summed E-state index contributed by atoms with van der Waals surface area (Å²) in [4.78, 5) is 42.8. The third-order valence-electron chi connectivity index (χ3n) is 4.37. The third kappa shape index (κ3) is 16.3. The molecule has 0 aromatic carbocycles. The Kier molecular flexibility index (Phi) is 15.9. The highest BCUT2D eigenvalue weighted by Crippen LogP contribution is 2.16. The highest BCUT2D eigenvalue weighted by atomic mass is 32.1. The van der Waals surface area contributed by atoms with Crippen LogP contribution in [0.15, 0.2) is 53.5 Å². The maximum absolute atomic E-state index is 12.3. The summed E-state index contributed by atoms with van der Waals surface area (Å²) in [6, 6.07) is 4.53. The van der Waals surface area contributed by atoms with E-state index < -0.39 is 35.4 Å². The zero-order valence-corrected chi connectivity index (χ0v) is 25.8. The van der Waals surface area contributed by atoms with Gasteiger partial charge < -0.3 is 19.5 Å². The minimum atomic E-state index is -0.926. The molecule has 218 valence electrons. The molecule has 0 saturated carbocycles. The van der Waals surface area contributed by atoms with E-state index in [0.29, 0.717) is 17.1 Å². The molecule has 0 fully saturated rings. The van der Waals surface area contributed by atoms with Crippen molar-refractivity contribution in [3.8, 4) is 0 Å². The molecule has 0 aliphatic heterocycles. The van der Waals surface area contributed by atoms with Gasteiger partial charge in [-0.2, -0.15) is 0 Å². The summed E-state index contributed by atoms with van der Waals surface area (Å²) >= 11 is 4.40. The van der Waals surface area contributed by atoms with Crippen molar-refractivity contribution in [1.29, 1.82) is 0 Å². The van der Waals surface area contributed by atoms with E-state index in [0.717, 1.165) is 5.69 Å². The number of allylic oxidation sites excluding steroid dienone is 5. The van der Waals surface area contributed by atoms with Gasteiger partial charge in [0.15, 0.2) is 0 Å². The van der Waals surface area contributed by atoms with Gasteiger partial charge in [-0.3, -0.25) is 4.90 Å². The topological polar surface area (TPSA) is 107 Å². The zero-order chi connectivity index (χ0) is 30.2. The van der Waals surface area contributed by atoms with Crippen LogP contribution in [0.2, 0.25) is 0 Å². The molecular weight excluding hydrogens is 518 g/mol. The van der Waals surface area contributed by atoms with Crippen molar-refractivity contribution in [2.75, 3.05) is 19.1 Å². The summed E-state index contributed by atoms with van der Waals surface area (Å²) in [6.07, 6.45) is 8.58. The Morgan fingerprint density at radius 1 is 1.03 bits per heavy atom. The van der Waals surface area contributed by atoms with Crippen molar-refractivity contribution in [3.05, 3.63) is 59.2 Å². The fraction of sp³-hybridized carbons (Fsp3) is 0.517. The molecule has 0 aliphatic carbocycles. The van der Waals surface area contributed by atoms with Crippen molar-refractivity contribution in [2.24, 2.45) is 0 Å². The fourth-order valence-corrected chi connectivity index (χ4v) is 3.02. The lowest BCUT2D eigenvalue weighted by Gasteiger charge is -2.24. The number of methoxy groups -OCH3 is 1. The number of alkyl carbamates (subject to hydrolysis) is 1. The van der Waals surface area contributed by atoms with Crippen LogP contribution in [0.1, 0.15) is 67.5 Å². The second kappa shape index (κ2) is 17.3. The van der Waals surface area contributed by atoms with Gasteiger partial charge in [0.2, 0.25) is 0 Å². The van der Waals surface area contributed by atoms with Crippen LogP contribution < -0.4 is 10.2 Å². The number of ether oxygens (including phenoxy) is 3. The van der Waals surface area contributed by atoms with Crippen LogP contribution in [0, 0.1) is 0 Å². The van der Waals surface area contributed by atoms with Gasteiger partial charge >= 0.3 is 18.2 Å². The first-order valence-electron chi connectivity index (χ1n) is 12.8. The van der Waals surface area contributed by atoms with Crippen LogP contribution in [0.25, 0.3) is 0 Å². The summed E-state index contributed by atoms with van der Waals surface area (Å²) in [5, 5.41) is 2.51. The number of nitrogens with one attached hydrogen (secondary N) is 1. The molecule has 0 bridgehead atoms. The molecule has 0 radical (unpaired) electrons. The second-order valence-electron chi connectivity index (χ2n) is 10.1. The smallest absolute Gasteiger partial charge is 0.415 e. The maximum atomic E-state index is 12.3. The molecule has 1 unspecified atom stereocenters. The average Bonchev–Trinajstić information content (AvgIpc) is 2.84. The summed E-state index contributed by atoms with van der Waals surface area (Å²) in [7, 11) is 2.87. The van der Waals surface area contributed by atoms with E-state index in [1.54, 1.807) is 52.1 Å². The van der Waals surface area contributed by atoms with Crippen LogP contribution in [0.4, 0.5) is 15.4 Å². The first-order chi connectivity index (χ1) is 18.1. The Balaban J connectivity index is 0.00000704. The Hall–Kier alpha value is -3.27. The van der Waals surface area contributed by atoms with Gasteiger partial charge in [-0.1, -0.05) is 50.3 Å². The molecule has 9 nitrogen and oxygen atoms in total. The Labute approximate surface area is 239 Å². The number of hydrogen-bond acceptors (Lipinski definition) is 8. The van der Waals surface area contributed by atoms with Gasteiger partial charge in [-0.15, -0.1) is 12.6 Å². The third-order valence-corrected chi connectivity index (χ3v) is 4.70. The molecule has 0 spiro atoms. The van der Waals surface area contributed by atoms with Crippen LogP contribution in [-0.4, -0.2) is 54.5 Å². The lowest BCUT2D eigenvalue weighted by Crippen LogP contribution is -2.44. The predicted molar refractivity (Wildman–Crippen MR) is 159 cm³/mol. The maximum Gasteiger partial charge on any atom is 0.415 e. The van der Waals surface area contributed by atoms with Crippen molar-refractivity contribution >= 4 is 36.6 Å². The lowest BCUT2D eigenvalue weighted by molar-refractivity contribution is -0.143. The van der Waals surface area contributed by atoms with Crippen LogP contribution in [0.5, 0.6) is 0 Å². The van der Waals surface area contributed by atoms with E-state index in [4.69, 9.17) is 14.2 Å². The Bertz CT molecular complexity index is 1020. The lowest BCUT2D eigenvalue weighted by atomic mass is 10.2. The molecule has 2 amide bonds. The van der Waals surface area contributed by atoms with E-state index in [1.807, 2.05) is 58.9 Å². The number of pyridine rings is 1. The van der Waals surface area contributed by atoms with E-state index in [1.165, 1.54) is 12.0 Å². The number of hydrogen-bond donors (Lipinski definition) is 2. The summed E-state index contributed by atoms with van der Waals surface area (Å²) in [5.74, 6) is -0.0970. The predicted octanol–water partition coefficient (Wildman–Crippen LogP) is 6.40. The van der Waals surface area contributed by atoms with Gasteiger partial charge in [0.05, 0.1) is 7.11 Å². The quantitative estimate of drug-likeness (QED) is 0.155. The minimum absolute atomic E-state index is 0.144. The van der Waals surface area contributed by atoms with Gasteiger partial charge in [0.25, 0.3) is 0 Å². The van der Waals surface area contributed by atoms with E-state index in [-0.39, 0.29) is 6.42 Å². The van der Waals surface area contributed by atoms with Crippen molar-refractivity contribution in [1.82, 2.24) is 10.3 Å². The highest BCUT2D eigenvalue weighted by Gasteiger charge is 2.25. The second-order valence-corrected chi connectivity index (χ2v) is 10.7. The molecule has 0 saturated heterocycles.